The minimum absolute atomic E-state index is 0.0269. The lowest BCUT2D eigenvalue weighted by molar-refractivity contribution is -0.143. The molecule has 0 radical (unpaired) electrons. The fourth-order valence-corrected chi connectivity index (χ4v) is 2.29. The third-order valence-corrected chi connectivity index (χ3v) is 3.68. The Labute approximate surface area is 155 Å². The highest BCUT2D eigenvalue weighted by molar-refractivity contribution is 5.93. The van der Waals surface area contributed by atoms with Crippen LogP contribution in [0.3, 0.4) is 0 Å². The first kappa shape index (κ1) is 21.1. The van der Waals surface area contributed by atoms with E-state index in [1.54, 1.807) is 0 Å². The second-order valence-corrected chi connectivity index (χ2v) is 5.47. The maximum absolute atomic E-state index is 14.6. The van der Waals surface area contributed by atoms with Crippen LogP contribution in [0.5, 0.6) is 0 Å². The second-order valence-electron chi connectivity index (χ2n) is 5.47. The molecule has 0 unspecified atom stereocenters. The first-order chi connectivity index (χ1) is 13.1. The summed E-state index contributed by atoms with van der Waals surface area (Å²) < 4.78 is 69.2. The number of benzene rings is 2. The largest absolute Gasteiger partial charge is 0.465 e. The Balaban J connectivity index is 2.34. The number of carbonyl (C=O) groups is 2. The van der Waals surface area contributed by atoms with Gasteiger partial charge < -0.3 is 5.11 Å². The summed E-state index contributed by atoms with van der Waals surface area (Å²) in [6, 6.07) is 0.861. The fraction of sp³-hybridized carbons (Fsp3) is 0.176. The quantitative estimate of drug-likeness (QED) is 0.334. The molecular weight excluding hydrogens is 391 g/mol. The third-order valence-electron chi connectivity index (χ3n) is 3.68. The number of rotatable bonds is 6. The molecule has 150 valence electrons. The molecular formula is C17H13F5N2O4. The van der Waals surface area contributed by atoms with E-state index >= 15 is 0 Å². The molecule has 0 heterocycles. The van der Waals surface area contributed by atoms with E-state index in [0.29, 0.717) is 0 Å². The van der Waals surface area contributed by atoms with Crippen LogP contribution in [-0.2, 0) is 17.4 Å². The van der Waals surface area contributed by atoms with Gasteiger partial charge >= 0.3 is 12.1 Å². The van der Waals surface area contributed by atoms with Crippen molar-refractivity contribution in [3.63, 3.8) is 0 Å². The number of amides is 2. The van der Waals surface area contributed by atoms with E-state index in [4.69, 9.17) is 5.11 Å². The molecule has 0 aromatic heterocycles. The van der Waals surface area contributed by atoms with Crippen LogP contribution >= 0.6 is 0 Å². The van der Waals surface area contributed by atoms with E-state index in [1.165, 1.54) is 31.4 Å². The first-order valence-corrected chi connectivity index (χ1v) is 7.54. The van der Waals surface area contributed by atoms with Crippen molar-refractivity contribution in [1.82, 2.24) is 10.4 Å². The van der Waals surface area contributed by atoms with Gasteiger partial charge in [0.15, 0.2) is 17.5 Å². The Hall–Kier alpha value is -3.21. The topological polar surface area (TPSA) is 78.9 Å². The van der Waals surface area contributed by atoms with Gasteiger partial charge in [-0.2, -0.15) is 8.78 Å². The molecule has 2 N–H and O–H groups in total. The van der Waals surface area contributed by atoms with Crippen LogP contribution in [0.4, 0.5) is 26.7 Å². The number of alkyl halides is 2. The second kappa shape index (κ2) is 8.21. The Kier molecular flexibility index (Phi) is 6.19. The minimum atomic E-state index is -4.50. The maximum Gasteiger partial charge on any atom is 0.412 e. The molecule has 0 aliphatic carbocycles. The van der Waals surface area contributed by atoms with Crippen LogP contribution in [-0.4, -0.2) is 29.1 Å². The smallest absolute Gasteiger partial charge is 0.412 e. The van der Waals surface area contributed by atoms with Gasteiger partial charge in [0.1, 0.15) is 0 Å². The molecule has 0 fully saturated rings. The minimum Gasteiger partial charge on any atom is -0.465 e. The molecule has 28 heavy (non-hydrogen) atoms. The lowest BCUT2D eigenvalue weighted by Crippen LogP contribution is -2.43. The Morgan fingerprint density at radius 1 is 1.07 bits per heavy atom. The number of carboxylic acid groups (broad SMARTS) is 1. The van der Waals surface area contributed by atoms with Crippen LogP contribution in [0.25, 0.3) is 0 Å². The summed E-state index contributed by atoms with van der Waals surface area (Å²) >= 11 is 0. The summed E-state index contributed by atoms with van der Waals surface area (Å²) in [6.07, 6.45) is -2.13. The number of hydrogen-bond donors (Lipinski definition) is 2. The van der Waals surface area contributed by atoms with Crippen molar-refractivity contribution in [3.05, 3.63) is 70.5 Å². The van der Waals surface area contributed by atoms with Crippen LogP contribution in [0, 0.1) is 17.5 Å². The van der Waals surface area contributed by atoms with Gasteiger partial charge in [-0.15, -0.1) is 0 Å². The van der Waals surface area contributed by atoms with E-state index in [0.717, 1.165) is 0 Å². The van der Waals surface area contributed by atoms with Gasteiger partial charge in [-0.3, -0.25) is 9.63 Å². The van der Waals surface area contributed by atoms with Crippen LogP contribution < -0.4 is 5.48 Å². The monoisotopic (exact) mass is 404 g/mol. The normalized spacial score (nSPS) is 11.2. The Morgan fingerprint density at radius 2 is 1.68 bits per heavy atom. The highest BCUT2D eigenvalue weighted by Gasteiger charge is 2.45. The molecule has 2 amide bonds. The predicted molar refractivity (Wildman–Crippen MR) is 84.7 cm³/mol. The summed E-state index contributed by atoms with van der Waals surface area (Å²) in [5.74, 6) is -6.65. The number of hydrogen-bond acceptors (Lipinski definition) is 3. The zero-order valence-corrected chi connectivity index (χ0v) is 14.2. The van der Waals surface area contributed by atoms with Gasteiger partial charge in [-0.25, -0.2) is 28.3 Å². The summed E-state index contributed by atoms with van der Waals surface area (Å²) in [5.41, 5.74) is 0.526. The standard InChI is InChI=1S/C17H13F5N2O4/c1-28-23-15(25)10-4-2-9(3-5-10)8-24(16(26)27)17(21,22)11-6-7-12(18)14(20)13(11)19/h2-7H,8H2,1H3,(H,23,25)(H,26,27). The average molecular weight is 404 g/mol. The fourth-order valence-electron chi connectivity index (χ4n) is 2.29. The summed E-state index contributed by atoms with van der Waals surface area (Å²) in [5, 5.41) is 9.13. The number of carbonyl (C=O) groups excluding carboxylic acids is 1. The third kappa shape index (κ3) is 4.19. The Bertz CT molecular complexity index is 890. The maximum atomic E-state index is 14.6. The molecule has 0 bridgehead atoms. The molecule has 2 aromatic rings. The van der Waals surface area contributed by atoms with E-state index in [9.17, 15) is 31.5 Å². The van der Waals surface area contributed by atoms with Crippen molar-refractivity contribution in [2.75, 3.05) is 7.11 Å². The van der Waals surface area contributed by atoms with Gasteiger partial charge in [0.05, 0.1) is 19.2 Å². The van der Waals surface area contributed by atoms with Crippen molar-refractivity contribution < 1.29 is 41.5 Å². The zero-order valence-electron chi connectivity index (χ0n) is 14.2. The molecule has 0 aliphatic heterocycles. The van der Waals surface area contributed by atoms with Crippen LogP contribution in [0.1, 0.15) is 21.5 Å². The van der Waals surface area contributed by atoms with Gasteiger partial charge in [-0.05, 0) is 29.8 Å². The molecule has 0 atom stereocenters. The number of nitrogens with zero attached hydrogens (tertiary/aromatic N) is 1. The highest BCUT2D eigenvalue weighted by Crippen LogP contribution is 2.36. The van der Waals surface area contributed by atoms with Crippen molar-refractivity contribution in [3.8, 4) is 0 Å². The lowest BCUT2D eigenvalue weighted by atomic mass is 10.1. The van der Waals surface area contributed by atoms with Gasteiger partial charge in [0.25, 0.3) is 5.91 Å². The van der Waals surface area contributed by atoms with Gasteiger partial charge in [0, 0.05) is 5.56 Å². The summed E-state index contributed by atoms with van der Waals surface area (Å²) in [6.45, 7) is -0.924. The molecule has 0 saturated carbocycles. The average Bonchev–Trinajstić information content (AvgIpc) is 2.64. The number of hydroxylamine groups is 1. The molecule has 2 aromatic carbocycles. The molecule has 0 aliphatic rings. The van der Waals surface area contributed by atoms with Crippen LogP contribution in [0.15, 0.2) is 36.4 Å². The number of nitrogens with one attached hydrogen (secondary N) is 1. The predicted octanol–water partition coefficient (Wildman–Crippen LogP) is 3.62. The molecule has 0 saturated heterocycles. The molecule has 0 spiro atoms. The van der Waals surface area contributed by atoms with Crippen molar-refractivity contribution in [2.45, 2.75) is 12.6 Å². The Morgan fingerprint density at radius 3 is 2.21 bits per heavy atom. The van der Waals surface area contributed by atoms with Gasteiger partial charge in [0.2, 0.25) is 0 Å². The molecule has 6 nitrogen and oxygen atoms in total. The van der Waals surface area contributed by atoms with E-state index < -0.39 is 52.5 Å². The SMILES string of the molecule is CONC(=O)c1ccc(CN(C(=O)O)C(F)(F)c2ccc(F)c(F)c2F)cc1. The van der Waals surface area contributed by atoms with Gasteiger partial charge in [-0.1, -0.05) is 12.1 Å². The first-order valence-electron chi connectivity index (χ1n) is 7.54. The molecule has 2 rings (SSSR count). The molecule has 11 heteroatoms. The zero-order chi connectivity index (χ0) is 21.1. The number of halogens is 5. The van der Waals surface area contributed by atoms with Crippen LogP contribution in [0.2, 0.25) is 0 Å². The summed E-state index contributed by atoms with van der Waals surface area (Å²) in [7, 11) is 1.20. The van der Waals surface area contributed by atoms with Crippen molar-refractivity contribution in [1.29, 1.82) is 0 Å². The lowest BCUT2D eigenvalue weighted by Gasteiger charge is -2.29. The van der Waals surface area contributed by atoms with Crippen molar-refractivity contribution >= 4 is 12.0 Å². The summed E-state index contributed by atoms with van der Waals surface area (Å²) in [4.78, 5) is 26.9. The van der Waals surface area contributed by atoms with E-state index in [2.05, 4.69) is 4.84 Å². The van der Waals surface area contributed by atoms with E-state index in [-0.39, 0.29) is 23.3 Å². The highest BCUT2D eigenvalue weighted by atomic mass is 19.3. The van der Waals surface area contributed by atoms with E-state index in [1.807, 2.05) is 5.48 Å². The van der Waals surface area contributed by atoms with Crippen molar-refractivity contribution in [2.24, 2.45) is 0 Å².